The molecule has 4 nitrogen and oxygen atoms in total. The molecule has 0 aliphatic rings. The van der Waals surface area contributed by atoms with Gasteiger partial charge in [0.2, 0.25) is 0 Å². The lowest BCUT2D eigenvalue weighted by atomic mass is 10.1. The number of halogens is 1. The van der Waals surface area contributed by atoms with Crippen LogP contribution in [0.15, 0.2) is 18.2 Å². The second-order valence-electron chi connectivity index (χ2n) is 5.04. The molecule has 0 spiro atoms. The molecule has 0 radical (unpaired) electrons. The Bertz CT molecular complexity index is 412. The summed E-state index contributed by atoms with van der Waals surface area (Å²) < 4.78 is 24.2. The summed E-state index contributed by atoms with van der Waals surface area (Å²) in [7, 11) is 1.80. The van der Waals surface area contributed by atoms with Crippen LogP contribution in [0.25, 0.3) is 0 Å². The molecule has 0 aromatic heterocycles. The maximum absolute atomic E-state index is 13.3. The van der Waals surface area contributed by atoms with Gasteiger partial charge in [0.25, 0.3) is 0 Å². The fourth-order valence-electron chi connectivity index (χ4n) is 1.68. The Morgan fingerprint density at radius 3 is 2.55 bits per heavy atom. The van der Waals surface area contributed by atoms with E-state index in [1.54, 1.807) is 13.1 Å². The van der Waals surface area contributed by atoms with Crippen molar-refractivity contribution in [3.05, 3.63) is 29.6 Å². The van der Waals surface area contributed by atoms with Crippen molar-refractivity contribution in [2.45, 2.75) is 39.0 Å². The standard InChI is InChI=1S/C15H24FNO3/c1-10(2)19-8-13(18)9-20-15-6-5-12(16)7-14(15)11(3)17-4/h5-7,10-11,13,17-18H,8-9H2,1-4H3. The molecule has 0 fully saturated rings. The van der Waals surface area contributed by atoms with Crippen LogP contribution in [0, 0.1) is 5.82 Å². The van der Waals surface area contributed by atoms with Gasteiger partial charge in [-0.15, -0.1) is 0 Å². The van der Waals surface area contributed by atoms with E-state index in [0.29, 0.717) is 5.75 Å². The minimum Gasteiger partial charge on any atom is -0.490 e. The van der Waals surface area contributed by atoms with Gasteiger partial charge in [0.15, 0.2) is 0 Å². The number of rotatable bonds is 8. The van der Waals surface area contributed by atoms with Crippen LogP contribution >= 0.6 is 0 Å². The molecular weight excluding hydrogens is 261 g/mol. The lowest BCUT2D eigenvalue weighted by molar-refractivity contribution is -0.0124. The van der Waals surface area contributed by atoms with Gasteiger partial charge in [0.05, 0.1) is 12.7 Å². The van der Waals surface area contributed by atoms with Crippen LogP contribution in [0.3, 0.4) is 0 Å². The average molecular weight is 285 g/mol. The molecule has 0 heterocycles. The Morgan fingerprint density at radius 2 is 1.95 bits per heavy atom. The van der Waals surface area contributed by atoms with Gasteiger partial charge in [-0.3, -0.25) is 0 Å². The summed E-state index contributed by atoms with van der Waals surface area (Å²) in [6.07, 6.45) is -0.643. The predicted octanol–water partition coefficient (Wildman–Crippen LogP) is 2.27. The van der Waals surface area contributed by atoms with Crippen LogP contribution in [-0.4, -0.2) is 37.6 Å². The monoisotopic (exact) mass is 285 g/mol. The molecule has 1 rings (SSSR count). The molecule has 0 aliphatic carbocycles. The highest BCUT2D eigenvalue weighted by Gasteiger charge is 2.13. The first-order valence-corrected chi connectivity index (χ1v) is 6.83. The lowest BCUT2D eigenvalue weighted by Gasteiger charge is -2.19. The molecule has 1 aromatic rings. The number of aliphatic hydroxyl groups excluding tert-OH is 1. The van der Waals surface area contributed by atoms with Gasteiger partial charge in [-0.25, -0.2) is 4.39 Å². The average Bonchev–Trinajstić information content (AvgIpc) is 2.42. The molecular formula is C15H24FNO3. The first-order chi connectivity index (χ1) is 9.43. The summed E-state index contributed by atoms with van der Waals surface area (Å²) in [5.74, 6) is 0.259. The minimum absolute atomic E-state index is 0.0373. The second kappa shape index (κ2) is 8.19. The zero-order chi connectivity index (χ0) is 15.1. The molecule has 0 bridgehead atoms. The van der Waals surface area contributed by atoms with E-state index >= 15 is 0 Å². The summed E-state index contributed by atoms with van der Waals surface area (Å²) >= 11 is 0. The van der Waals surface area contributed by atoms with E-state index < -0.39 is 6.10 Å². The van der Waals surface area contributed by atoms with Crippen molar-refractivity contribution in [1.29, 1.82) is 0 Å². The van der Waals surface area contributed by atoms with Crippen LogP contribution in [-0.2, 0) is 4.74 Å². The molecule has 2 N–H and O–H groups in total. The molecule has 20 heavy (non-hydrogen) atoms. The van der Waals surface area contributed by atoms with Crippen molar-refractivity contribution in [3.63, 3.8) is 0 Å². The number of hydrogen-bond acceptors (Lipinski definition) is 4. The Labute approximate surface area is 119 Å². The molecule has 0 saturated heterocycles. The van der Waals surface area contributed by atoms with Gasteiger partial charge in [0, 0.05) is 11.6 Å². The van der Waals surface area contributed by atoms with Crippen molar-refractivity contribution in [1.82, 2.24) is 5.32 Å². The lowest BCUT2D eigenvalue weighted by Crippen LogP contribution is -2.25. The maximum atomic E-state index is 13.3. The fourth-order valence-corrected chi connectivity index (χ4v) is 1.68. The Kier molecular flexibility index (Phi) is 6.91. The summed E-state index contributed by atoms with van der Waals surface area (Å²) in [5, 5.41) is 12.8. The van der Waals surface area contributed by atoms with E-state index in [0.717, 1.165) is 5.56 Å². The van der Waals surface area contributed by atoms with Crippen LogP contribution < -0.4 is 10.1 Å². The number of hydrogen-bond donors (Lipinski definition) is 2. The summed E-state index contributed by atoms with van der Waals surface area (Å²) in [4.78, 5) is 0. The SMILES string of the molecule is CNC(C)c1cc(F)ccc1OCC(O)COC(C)C. The molecule has 0 aliphatic heterocycles. The van der Waals surface area contributed by atoms with Gasteiger partial charge in [0.1, 0.15) is 24.3 Å². The van der Waals surface area contributed by atoms with Crippen molar-refractivity contribution < 1.29 is 19.0 Å². The zero-order valence-corrected chi connectivity index (χ0v) is 12.5. The third kappa shape index (κ3) is 5.45. The van der Waals surface area contributed by atoms with Crippen LogP contribution in [0.5, 0.6) is 5.75 Å². The summed E-state index contributed by atoms with van der Waals surface area (Å²) in [6.45, 7) is 6.05. The molecule has 0 saturated carbocycles. The van der Waals surface area contributed by atoms with Gasteiger partial charge >= 0.3 is 0 Å². The summed E-state index contributed by atoms with van der Waals surface area (Å²) in [6, 6.07) is 4.32. The highest BCUT2D eigenvalue weighted by atomic mass is 19.1. The van der Waals surface area contributed by atoms with Gasteiger partial charge in [-0.05, 0) is 46.0 Å². The van der Waals surface area contributed by atoms with Crippen LogP contribution in [0.4, 0.5) is 4.39 Å². The Morgan fingerprint density at radius 1 is 1.25 bits per heavy atom. The van der Waals surface area contributed by atoms with E-state index in [4.69, 9.17) is 9.47 Å². The topological polar surface area (TPSA) is 50.7 Å². The van der Waals surface area contributed by atoms with Crippen molar-refractivity contribution >= 4 is 0 Å². The Balaban J connectivity index is 2.63. The molecule has 5 heteroatoms. The van der Waals surface area contributed by atoms with Crippen LogP contribution in [0.1, 0.15) is 32.4 Å². The highest BCUT2D eigenvalue weighted by molar-refractivity contribution is 5.36. The van der Waals surface area contributed by atoms with Gasteiger partial charge in [-0.2, -0.15) is 0 Å². The number of benzene rings is 1. The Hall–Kier alpha value is -1.17. The van der Waals surface area contributed by atoms with Crippen molar-refractivity contribution in [2.24, 2.45) is 0 Å². The van der Waals surface area contributed by atoms with E-state index in [-0.39, 0.29) is 31.2 Å². The number of nitrogens with one attached hydrogen (secondary N) is 1. The van der Waals surface area contributed by atoms with Gasteiger partial charge in [-0.1, -0.05) is 0 Å². The van der Waals surface area contributed by atoms with E-state index in [1.165, 1.54) is 12.1 Å². The largest absolute Gasteiger partial charge is 0.490 e. The molecule has 2 atom stereocenters. The first kappa shape index (κ1) is 16.9. The molecule has 114 valence electrons. The highest BCUT2D eigenvalue weighted by Crippen LogP contribution is 2.26. The fraction of sp³-hybridized carbons (Fsp3) is 0.600. The third-order valence-electron chi connectivity index (χ3n) is 2.92. The quantitative estimate of drug-likeness (QED) is 0.769. The predicted molar refractivity (Wildman–Crippen MR) is 76.5 cm³/mol. The van der Waals surface area contributed by atoms with Crippen LogP contribution in [0.2, 0.25) is 0 Å². The maximum Gasteiger partial charge on any atom is 0.124 e. The minimum atomic E-state index is -0.708. The van der Waals surface area contributed by atoms with E-state index in [9.17, 15) is 9.50 Å². The first-order valence-electron chi connectivity index (χ1n) is 6.83. The van der Waals surface area contributed by atoms with Crippen molar-refractivity contribution in [2.75, 3.05) is 20.3 Å². The van der Waals surface area contributed by atoms with Crippen molar-refractivity contribution in [3.8, 4) is 5.75 Å². The van der Waals surface area contributed by atoms with E-state index in [2.05, 4.69) is 5.32 Å². The number of aliphatic hydroxyl groups is 1. The number of ether oxygens (including phenoxy) is 2. The third-order valence-corrected chi connectivity index (χ3v) is 2.92. The zero-order valence-electron chi connectivity index (χ0n) is 12.5. The smallest absolute Gasteiger partial charge is 0.124 e. The van der Waals surface area contributed by atoms with Gasteiger partial charge < -0.3 is 19.9 Å². The second-order valence-corrected chi connectivity index (χ2v) is 5.04. The molecule has 2 unspecified atom stereocenters. The molecule has 0 amide bonds. The summed E-state index contributed by atoms with van der Waals surface area (Å²) in [5.41, 5.74) is 0.726. The normalized spacial score (nSPS) is 14.3. The molecule has 1 aromatic carbocycles. The van der Waals surface area contributed by atoms with E-state index in [1.807, 2.05) is 20.8 Å².